The normalized spacial score (nSPS) is 28.9. The van der Waals surface area contributed by atoms with Gasteiger partial charge in [0.15, 0.2) is 0 Å². The quantitative estimate of drug-likeness (QED) is 0.667. The highest BCUT2D eigenvalue weighted by atomic mass is 32.2. The standard InChI is InChI=1S/C7H16N2O3S/c1-5(2)12-7-3-6(4-7)9-13(8,10)11/h5-7,9H,3-4H2,1-2H3,(H2,8,10,11). The van der Waals surface area contributed by atoms with Gasteiger partial charge in [-0.15, -0.1) is 0 Å². The van der Waals surface area contributed by atoms with Gasteiger partial charge < -0.3 is 4.74 Å². The maximum Gasteiger partial charge on any atom is 0.274 e. The molecule has 0 bridgehead atoms. The number of ether oxygens (including phenoxy) is 1. The fourth-order valence-corrected chi connectivity index (χ4v) is 2.05. The topological polar surface area (TPSA) is 81.4 Å². The molecule has 78 valence electrons. The summed E-state index contributed by atoms with van der Waals surface area (Å²) in [6.45, 7) is 3.92. The molecule has 6 heteroatoms. The molecule has 1 aliphatic carbocycles. The summed E-state index contributed by atoms with van der Waals surface area (Å²) in [7, 11) is -3.54. The summed E-state index contributed by atoms with van der Waals surface area (Å²) < 4.78 is 29.0. The minimum Gasteiger partial charge on any atom is -0.375 e. The number of nitrogens with one attached hydrogen (secondary N) is 1. The molecule has 13 heavy (non-hydrogen) atoms. The van der Waals surface area contributed by atoms with Gasteiger partial charge in [-0.3, -0.25) is 0 Å². The van der Waals surface area contributed by atoms with Gasteiger partial charge in [0, 0.05) is 6.04 Å². The largest absolute Gasteiger partial charge is 0.375 e. The lowest BCUT2D eigenvalue weighted by Gasteiger charge is -2.35. The highest BCUT2D eigenvalue weighted by molar-refractivity contribution is 7.87. The Hall–Kier alpha value is -0.170. The summed E-state index contributed by atoms with van der Waals surface area (Å²) in [4.78, 5) is 0. The van der Waals surface area contributed by atoms with Crippen molar-refractivity contribution in [1.82, 2.24) is 4.72 Å². The highest BCUT2D eigenvalue weighted by Gasteiger charge is 2.32. The van der Waals surface area contributed by atoms with Crippen molar-refractivity contribution in [2.75, 3.05) is 0 Å². The lowest BCUT2D eigenvalue weighted by atomic mass is 9.90. The molecule has 0 amide bonds. The third-order valence-electron chi connectivity index (χ3n) is 1.89. The van der Waals surface area contributed by atoms with Crippen molar-refractivity contribution >= 4 is 10.2 Å². The number of hydrogen-bond acceptors (Lipinski definition) is 3. The van der Waals surface area contributed by atoms with E-state index in [0.29, 0.717) is 12.8 Å². The second kappa shape index (κ2) is 3.91. The van der Waals surface area contributed by atoms with Crippen LogP contribution in [-0.4, -0.2) is 26.7 Å². The zero-order chi connectivity index (χ0) is 10.1. The van der Waals surface area contributed by atoms with Crippen LogP contribution in [0.25, 0.3) is 0 Å². The molecular weight excluding hydrogens is 192 g/mol. The second-order valence-corrected chi connectivity index (χ2v) is 4.96. The van der Waals surface area contributed by atoms with E-state index in [-0.39, 0.29) is 18.2 Å². The number of hydrogen-bond donors (Lipinski definition) is 2. The molecule has 0 aromatic carbocycles. The summed E-state index contributed by atoms with van der Waals surface area (Å²) in [5, 5.41) is 4.81. The van der Waals surface area contributed by atoms with Crippen LogP contribution in [0.15, 0.2) is 0 Å². The third-order valence-corrected chi connectivity index (χ3v) is 2.55. The number of nitrogens with two attached hydrogens (primary N) is 1. The summed E-state index contributed by atoms with van der Waals surface area (Å²) in [6, 6.07) is -0.0428. The first kappa shape index (κ1) is 10.9. The molecule has 0 radical (unpaired) electrons. The zero-order valence-corrected chi connectivity index (χ0v) is 8.67. The van der Waals surface area contributed by atoms with Crippen molar-refractivity contribution in [3.8, 4) is 0 Å². The minimum atomic E-state index is -3.54. The molecule has 0 spiro atoms. The van der Waals surface area contributed by atoms with Crippen LogP contribution in [0.3, 0.4) is 0 Å². The molecule has 5 nitrogen and oxygen atoms in total. The predicted molar refractivity (Wildman–Crippen MR) is 49.3 cm³/mol. The van der Waals surface area contributed by atoms with Crippen LogP contribution in [0.5, 0.6) is 0 Å². The van der Waals surface area contributed by atoms with E-state index >= 15 is 0 Å². The zero-order valence-electron chi connectivity index (χ0n) is 7.86. The van der Waals surface area contributed by atoms with E-state index in [1.165, 1.54) is 0 Å². The van der Waals surface area contributed by atoms with E-state index in [2.05, 4.69) is 4.72 Å². The molecular formula is C7H16N2O3S. The van der Waals surface area contributed by atoms with Gasteiger partial charge in [-0.05, 0) is 26.7 Å². The van der Waals surface area contributed by atoms with Gasteiger partial charge in [0.25, 0.3) is 10.2 Å². The molecule has 1 aliphatic rings. The Morgan fingerprint density at radius 3 is 2.38 bits per heavy atom. The van der Waals surface area contributed by atoms with E-state index in [9.17, 15) is 8.42 Å². The molecule has 0 aromatic rings. The first-order valence-corrected chi connectivity index (χ1v) is 5.87. The highest BCUT2D eigenvalue weighted by Crippen LogP contribution is 2.24. The second-order valence-electron chi connectivity index (χ2n) is 3.64. The van der Waals surface area contributed by atoms with Gasteiger partial charge in [-0.2, -0.15) is 13.1 Å². The van der Waals surface area contributed by atoms with Crippen LogP contribution in [0, 0.1) is 0 Å². The van der Waals surface area contributed by atoms with Gasteiger partial charge in [-0.1, -0.05) is 0 Å². The van der Waals surface area contributed by atoms with Crippen LogP contribution >= 0.6 is 0 Å². The van der Waals surface area contributed by atoms with Crippen LogP contribution in [0.2, 0.25) is 0 Å². The molecule has 1 fully saturated rings. The van der Waals surface area contributed by atoms with Gasteiger partial charge in [0.05, 0.1) is 12.2 Å². The van der Waals surface area contributed by atoms with Gasteiger partial charge in [0.1, 0.15) is 0 Å². The van der Waals surface area contributed by atoms with Crippen molar-refractivity contribution in [3.05, 3.63) is 0 Å². The van der Waals surface area contributed by atoms with Crippen LogP contribution < -0.4 is 9.86 Å². The Morgan fingerprint density at radius 1 is 1.46 bits per heavy atom. The van der Waals surface area contributed by atoms with Crippen LogP contribution in [0.4, 0.5) is 0 Å². The van der Waals surface area contributed by atoms with E-state index in [4.69, 9.17) is 9.88 Å². The average molecular weight is 208 g/mol. The SMILES string of the molecule is CC(C)OC1CC(NS(N)(=O)=O)C1. The fraction of sp³-hybridized carbons (Fsp3) is 1.00. The molecule has 0 unspecified atom stereocenters. The minimum absolute atomic E-state index is 0.0428. The third kappa shape index (κ3) is 4.04. The lowest BCUT2D eigenvalue weighted by Crippen LogP contribution is -2.50. The van der Waals surface area contributed by atoms with Gasteiger partial charge >= 0.3 is 0 Å². The monoisotopic (exact) mass is 208 g/mol. The van der Waals surface area contributed by atoms with Crippen LogP contribution in [-0.2, 0) is 14.9 Å². The van der Waals surface area contributed by atoms with E-state index in [0.717, 1.165) is 0 Å². The van der Waals surface area contributed by atoms with E-state index in [1.54, 1.807) is 0 Å². The Kier molecular flexibility index (Phi) is 3.28. The Balaban J connectivity index is 2.19. The van der Waals surface area contributed by atoms with E-state index < -0.39 is 10.2 Å². The summed E-state index contributed by atoms with van der Waals surface area (Å²) >= 11 is 0. The first-order valence-electron chi connectivity index (χ1n) is 4.32. The maximum absolute atomic E-state index is 10.6. The van der Waals surface area contributed by atoms with Crippen molar-refractivity contribution < 1.29 is 13.2 Å². The Labute approximate surface area is 78.8 Å². The van der Waals surface area contributed by atoms with Crippen molar-refractivity contribution in [1.29, 1.82) is 0 Å². The summed E-state index contributed by atoms with van der Waals surface area (Å²) in [5.41, 5.74) is 0. The molecule has 0 heterocycles. The summed E-state index contributed by atoms with van der Waals surface area (Å²) in [6.07, 6.45) is 1.81. The van der Waals surface area contributed by atoms with Crippen molar-refractivity contribution in [2.24, 2.45) is 5.14 Å². The molecule has 3 N–H and O–H groups in total. The number of rotatable bonds is 4. The van der Waals surface area contributed by atoms with Gasteiger partial charge in [-0.25, -0.2) is 5.14 Å². The van der Waals surface area contributed by atoms with Crippen molar-refractivity contribution in [2.45, 2.75) is 44.9 Å². The van der Waals surface area contributed by atoms with Gasteiger partial charge in [0.2, 0.25) is 0 Å². The molecule has 0 aliphatic heterocycles. The van der Waals surface area contributed by atoms with Crippen molar-refractivity contribution in [3.63, 3.8) is 0 Å². The first-order chi connectivity index (χ1) is 5.87. The molecule has 0 saturated heterocycles. The molecule has 0 atom stereocenters. The predicted octanol–water partition coefficient (Wildman–Crippen LogP) is -0.264. The Morgan fingerprint density at radius 2 is 2.00 bits per heavy atom. The average Bonchev–Trinajstić information content (AvgIpc) is 1.78. The molecule has 0 aromatic heterocycles. The summed E-state index contributed by atoms with van der Waals surface area (Å²) in [5.74, 6) is 0. The lowest BCUT2D eigenvalue weighted by molar-refractivity contribution is -0.0459. The van der Waals surface area contributed by atoms with E-state index in [1.807, 2.05) is 13.8 Å². The smallest absolute Gasteiger partial charge is 0.274 e. The maximum atomic E-state index is 10.6. The molecule has 1 saturated carbocycles. The fourth-order valence-electron chi connectivity index (χ4n) is 1.39. The Bertz CT molecular complexity index is 257. The molecule has 1 rings (SSSR count). The van der Waals surface area contributed by atoms with Crippen LogP contribution in [0.1, 0.15) is 26.7 Å².